The maximum absolute atomic E-state index is 13.2. The molecule has 152 valence electrons. The minimum absolute atomic E-state index is 0.0587. The number of hydrogen-bond acceptors (Lipinski definition) is 5. The summed E-state index contributed by atoms with van der Waals surface area (Å²) in [6, 6.07) is 11.0. The average molecular weight is 421 g/mol. The summed E-state index contributed by atoms with van der Waals surface area (Å²) in [4.78, 5) is 21.5. The van der Waals surface area contributed by atoms with Crippen molar-refractivity contribution in [2.75, 3.05) is 0 Å². The summed E-state index contributed by atoms with van der Waals surface area (Å²) in [6.07, 6.45) is 3.00. The molecule has 0 spiro atoms. The summed E-state index contributed by atoms with van der Waals surface area (Å²) in [7, 11) is 0. The Balaban J connectivity index is 1.89. The summed E-state index contributed by atoms with van der Waals surface area (Å²) < 4.78 is 12.5. The van der Waals surface area contributed by atoms with E-state index < -0.39 is 0 Å². The molecule has 3 heterocycles. The maximum atomic E-state index is 13.2. The van der Waals surface area contributed by atoms with Gasteiger partial charge in [-0.05, 0) is 69.7 Å². The summed E-state index contributed by atoms with van der Waals surface area (Å²) in [5.41, 5.74) is 4.21. The molecule has 0 aliphatic carbocycles. The summed E-state index contributed by atoms with van der Waals surface area (Å²) in [5.74, 6) is 1.14. The Hall–Kier alpha value is -3.18. The smallest absolute Gasteiger partial charge is 0.196 e. The standard InChI is InChI=1S/C24H21ClN2O3/c1-13-10-18(16(4)29-20-7-8-21(25)27-15(20)3)24-19(11-13)22(28)14(2)23(30-24)17-6-5-9-26-12-17/h5-12,16H,1-4H3/t16-/m1/s1. The van der Waals surface area contributed by atoms with Crippen molar-refractivity contribution in [3.63, 3.8) is 0 Å². The fourth-order valence-electron chi connectivity index (χ4n) is 3.54. The van der Waals surface area contributed by atoms with Gasteiger partial charge in [-0.1, -0.05) is 11.6 Å². The van der Waals surface area contributed by atoms with E-state index in [0.717, 1.165) is 16.7 Å². The molecule has 0 N–H and O–H groups in total. The van der Waals surface area contributed by atoms with Crippen LogP contribution in [0, 0.1) is 20.8 Å². The van der Waals surface area contributed by atoms with Crippen LogP contribution in [0.2, 0.25) is 5.15 Å². The largest absolute Gasteiger partial charge is 0.484 e. The van der Waals surface area contributed by atoms with Crippen molar-refractivity contribution in [1.29, 1.82) is 0 Å². The minimum Gasteiger partial charge on any atom is -0.484 e. The van der Waals surface area contributed by atoms with Gasteiger partial charge in [0.2, 0.25) is 0 Å². The lowest BCUT2D eigenvalue weighted by Crippen LogP contribution is -2.11. The van der Waals surface area contributed by atoms with Gasteiger partial charge in [-0.15, -0.1) is 0 Å². The van der Waals surface area contributed by atoms with Crippen LogP contribution in [0.3, 0.4) is 0 Å². The van der Waals surface area contributed by atoms with E-state index in [4.69, 9.17) is 20.8 Å². The topological polar surface area (TPSA) is 65.2 Å². The number of hydrogen-bond donors (Lipinski definition) is 0. The predicted molar refractivity (Wildman–Crippen MR) is 118 cm³/mol. The third-order valence-corrected chi connectivity index (χ3v) is 5.27. The summed E-state index contributed by atoms with van der Waals surface area (Å²) >= 11 is 5.96. The van der Waals surface area contributed by atoms with Gasteiger partial charge in [0, 0.05) is 29.1 Å². The SMILES string of the molecule is Cc1cc([C@@H](C)Oc2ccc(Cl)nc2C)c2oc(-c3cccnc3)c(C)c(=O)c2c1. The zero-order valence-electron chi connectivity index (χ0n) is 17.2. The van der Waals surface area contributed by atoms with Crippen molar-refractivity contribution in [1.82, 2.24) is 9.97 Å². The van der Waals surface area contributed by atoms with Crippen molar-refractivity contribution >= 4 is 22.6 Å². The molecule has 0 bridgehead atoms. The van der Waals surface area contributed by atoms with E-state index in [2.05, 4.69) is 9.97 Å². The number of aromatic nitrogens is 2. The Morgan fingerprint density at radius 3 is 2.63 bits per heavy atom. The Labute approximate surface area is 179 Å². The van der Waals surface area contributed by atoms with Crippen LogP contribution < -0.4 is 10.2 Å². The zero-order valence-corrected chi connectivity index (χ0v) is 17.9. The molecule has 4 rings (SSSR count). The lowest BCUT2D eigenvalue weighted by molar-refractivity contribution is 0.224. The molecule has 0 amide bonds. The molecule has 6 heteroatoms. The molecule has 3 aromatic heterocycles. The molecule has 0 radical (unpaired) electrons. The quantitative estimate of drug-likeness (QED) is 0.380. The first-order chi connectivity index (χ1) is 14.3. The molecule has 0 fully saturated rings. The molecule has 30 heavy (non-hydrogen) atoms. The maximum Gasteiger partial charge on any atom is 0.196 e. The zero-order chi connectivity index (χ0) is 21.4. The second kappa shape index (κ2) is 7.92. The lowest BCUT2D eigenvalue weighted by Gasteiger charge is -2.19. The molecule has 1 atom stereocenters. The van der Waals surface area contributed by atoms with Crippen molar-refractivity contribution in [2.45, 2.75) is 33.8 Å². The van der Waals surface area contributed by atoms with Crippen LogP contribution in [0.15, 0.2) is 58.0 Å². The molecule has 0 saturated carbocycles. The molecule has 0 unspecified atom stereocenters. The number of benzene rings is 1. The van der Waals surface area contributed by atoms with Gasteiger partial charge >= 0.3 is 0 Å². The number of ether oxygens (including phenoxy) is 1. The highest BCUT2D eigenvalue weighted by molar-refractivity contribution is 6.29. The Morgan fingerprint density at radius 2 is 1.93 bits per heavy atom. The molecule has 0 saturated heterocycles. The summed E-state index contributed by atoms with van der Waals surface area (Å²) in [5, 5.41) is 0.952. The minimum atomic E-state index is -0.373. The fraction of sp³-hybridized carbons (Fsp3) is 0.208. The van der Waals surface area contributed by atoms with Crippen LogP contribution in [0.5, 0.6) is 5.75 Å². The third-order valence-electron chi connectivity index (χ3n) is 5.06. The van der Waals surface area contributed by atoms with Gasteiger partial charge in [-0.25, -0.2) is 4.98 Å². The average Bonchev–Trinajstić information content (AvgIpc) is 2.73. The summed E-state index contributed by atoms with van der Waals surface area (Å²) in [6.45, 7) is 7.49. The number of halogens is 1. The Bertz CT molecular complexity index is 1300. The van der Waals surface area contributed by atoms with E-state index >= 15 is 0 Å². The fourth-order valence-corrected chi connectivity index (χ4v) is 3.73. The van der Waals surface area contributed by atoms with Crippen LogP contribution in [0.25, 0.3) is 22.3 Å². The Morgan fingerprint density at radius 1 is 1.13 bits per heavy atom. The highest BCUT2D eigenvalue weighted by Gasteiger charge is 2.20. The van der Waals surface area contributed by atoms with Crippen LogP contribution in [-0.2, 0) is 0 Å². The first-order valence-electron chi connectivity index (χ1n) is 9.63. The third kappa shape index (κ3) is 3.68. The monoisotopic (exact) mass is 420 g/mol. The first-order valence-corrected chi connectivity index (χ1v) is 10.0. The van der Waals surface area contributed by atoms with Crippen LogP contribution in [0.1, 0.15) is 35.4 Å². The molecular weight excluding hydrogens is 400 g/mol. The molecule has 5 nitrogen and oxygen atoms in total. The van der Waals surface area contributed by atoms with E-state index in [0.29, 0.717) is 38.9 Å². The second-order valence-electron chi connectivity index (χ2n) is 7.34. The van der Waals surface area contributed by atoms with Gasteiger partial charge in [0.05, 0.1) is 11.1 Å². The number of rotatable bonds is 4. The van der Waals surface area contributed by atoms with E-state index in [1.165, 1.54) is 0 Å². The highest BCUT2D eigenvalue weighted by atomic mass is 35.5. The van der Waals surface area contributed by atoms with E-state index in [-0.39, 0.29) is 11.5 Å². The lowest BCUT2D eigenvalue weighted by atomic mass is 10.0. The van der Waals surface area contributed by atoms with Gasteiger partial charge in [0.1, 0.15) is 28.3 Å². The van der Waals surface area contributed by atoms with Crippen LogP contribution >= 0.6 is 11.6 Å². The van der Waals surface area contributed by atoms with Crippen molar-refractivity contribution in [3.8, 4) is 17.1 Å². The van der Waals surface area contributed by atoms with Crippen molar-refractivity contribution in [2.24, 2.45) is 0 Å². The van der Waals surface area contributed by atoms with Gasteiger partial charge < -0.3 is 9.15 Å². The van der Waals surface area contributed by atoms with Crippen LogP contribution in [0.4, 0.5) is 0 Å². The predicted octanol–water partition coefficient (Wildman–Crippen LogP) is 5.97. The normalized spacial score (nSPS) is 12.2. The van der Waals surface area contributed by atoms with Crippen molar-refractivity contribution < 1.29 is 9.15 Å². The molecule has 1 aromatic carbocycles. The van der Waals surface area contributed by atoms with E-state index in [1.807, 2.05) is 45.0 Å². The highest BCUT2D eigenvalue weighted by Crippen LogP contribution is 2.33. The number of nitrogens with zero attached hydrogens (tertiary/aromatic N) is 2. The van der Waals surface area contributed by atoms with Gasteiger partial charge in [0.15, 0.2) is 5.43 Å². The molecule has 4 aromatic rings. The second-order valence-corrected chi connectivity index (χ2v) is 7.72. The molecule has 0 aliphatic rings. The number of fused-ring (bicyclic) bond motifs is 1. The van der Waals surface area contributed by atoms with E-state index in [9.17, 15) is 4.79 Å². The number of aryl methyl sites for hydroxylation is 2. The molecule has 0 aliphatic heterocycles. The number of pyridine rings is 2. The Kier molecular flexibility index (Phi) is 5.31. The van der Waals surface area contributed by atoms with Crippen molar-refractivity contribution in [3.05, 3.63) is 86.6 Å². The van der Waals surface area contributed by atoms with Crippen LogP contribution in [-0.4, -0.2) is 9.97 Å². The first kappa shape index (κ1) is 20.1. The van der Waals surface area contributed by atoms with Gasteiger partial charge in [-0.2, -0.15) is 0 Å². The van der Waals surface area contributed by atoms with E-state index in [1.54, 1.807) is 31.5 Å². The van der Waals surface area contributed by atoms with Gasteiger partial charge in [-0.3, -0.25) is 9.78 Å². The van der Waals surface area contributed by atoms with Gasteiger partial charge in [0.25, 0.3) is 0 Å². The molecular formula is C24H21ClN2O3.